The van der Waals surface area contributed by atoms with Crippen molar-refractivity contribution in [2.75, 3.05) is 58.1 Å². The van der Waals surface area contributed by atoms with E-state index >= 15 is 0 Å². The molecule has 6 aromatic carbocycles. The van der Waals surface area contributed by atoms with Crippen LogP contribution in [0.15, 0.2) is 155 Å². The highest BCUT2D eigenvalue weighted by Gasteiger charge is 2.10. The molecule has 0 unspecified atom stereocenters. The Bertz CT molecular complexity index is 3220. The molecule has 414 valence electrons. The summed E-state index contributed by atoms with van der Waals surface area (Å²) in [6, 6.07) is 42.0. The van der Waals surface area contributed by atoms with Gasteiger partial charge in [0.2, 0.25) is 11.8 Å². The number of allylic oxidation sites excluding steroid dienone is 2. The Hall–Kier alpha value is -7.99. The van der Waals surface area contributed by atoms with Gasteiger partial charge in [-0.05, 0) is 137 Å². The van der Waals surface area contributed by atoms with E-state index in [1.165, 1.54) is 22.9 Å². The number of aromatic nitrogens is 2. The van der Waals surface area contributed by atoms with Crippen LogP contribution in [0.5, 0.6) is 0 Å². The molecule has 4 amide bonds. The third-order valence-electron chi connectivity index (χ3n) is 11.7. The Labute approximate surface area is 478 Å². The first-order valence-corrected chi connectivity index (χ1v) is 29.0. The lowest BCUT2D eigenvalue weighted by atomic mass is 10.1. The molecule has 0 bridgehead atoms. The second kappa shape index (κ2) is 32.7. The fourth-order valence-electron chi connectivity index (χ4n) is 6.92. The lowest BCUT2D eigenvalue weighted by molar-refractivity contribution is -0.116. The standard InChI is InChI=1S/C21H24N2O2S.C19H21N5O.C12H14OS2.C10H14N2O/c1-5-20(25)22-17-10-11-18(15(3)12-17)23-21(26-4)13-19(24)16-8-6-14(2)7-9-16;1-12-4-6-14(7-5-12)17-11-18(24-23-17)22-16-9-8-15(10-13(16)2)21-19(25)20-3;1-9-4-6-10(7-5-9)11(13)8-12(14-2)15-3;1-3-10(13)12-8-4-5-9(11)7(2)6-8/h6-13,23H,5H2,1-4H3,(H,22,25);4-11H,1-3H3,(H2,20,21,25)(H2,22,23,24);4-8H,1-3H3;4-6H,3,11H2,1-2H3,(H,12,13)/b21-13-;;;. The number of nitrogens with two attached hydrogens (primary N) is 1. The third kappa shape index (κ3) is 21.8. The summed E-state index contributed by atoms with van der Waals surface area (Å²) in [6.07, 6.45) is 10.1. The summed E-state index contributed by atoms with van der Waals surface area (Å²) in [5.74, 6) is 0.786. The van der Waals surface area contributed by atoms with Crippen molar-refractivity contribution in [2.24, 2.45) is 0 Å². The van der Waals surface area contributed by atoms with Gasteiger partial charge < -0.3 is 37.6 Å². The van der Waals surface area contributed by atoms with E-state index in [1.54, 1.807) is 54.9 Å². The van der Waals surface area contributed by atoms with Gasteiger partial charge in [0.25, 0.3) is 0 Å². The largest absolute Gasteiger partial charge is 0.399 e. The van der Waals surface area contributed by atoms with Gasteiger partial charge >= 0.3 is 6.03 Å². The smallest absolute Gasteiger partial charge is 0.318 e. The number of benzene rings is 6. The predicted octanol–water partition coefficient (Wildman–Crippen LogP) is 15.0. The molecule has 1 aromatic heterocycles. The minimum atomic E-state index is -0.241. The van der Waals surface area contributed by atoms with Crippen molar-refractivity contribution >= 4 is 105 Å². The fourth-order valence-corrected chi connectivity index (χ4v) is 8.48. The first-order chi connectivity index (χ1) is 37.8. The number of hydrogen-bond donors (Lipinski definition) is 8. The van der Waals surface area contributed by atoms with E-state index in [9.17, 15) is 24.0 Å². The number of nitrogen functional groups attached to an aromatic ring is 1. The van der Waals surface area contributed by atoms with Crippen LogP contribution in [-0.2, 0) is 9.59 Å². The summed E-state index contributed by atoms with van der Waals surface area (Å²) < 4.78 is 1.04. The van der Waals surface area contributed by atoms with Crippen LogP contribution in [0.2, 0.25) is 0 Å². The number of carbonyl (C=O) groups excluding carboxylic acids is 5. The average molecular weight is 1120 g/mol. The lowest BCUT2D eigenvalue weighted by Crippen LogP contribution is -2.24. The van der Waals surface area contributed by atoms with Gasteiger partial charge in [0.1, 0.15) is 0 Å². The molecule has 9 N–H and O–H groups in total. The van der Waals surface area contributed by atoms with Gasteiger partial charge in [-0.3, -0.25) is 24.3 Å². The average Bonchev–Trinajstić information content (AvgIpc) is 3.94. The molecule has 0 saturated carbocycles. The van der Waals surface area contributed by atoms with Gasteiger partial charge in [0.15, 0.2) is 17.4 Å². The zero-order valence-electron chi connectivity index (χ0n) is 47.1. The number of thioether (sulfide) groups is 3. The van der Waals surface area contributed by atoms with Crippen molar-refractivity contribution in [2.45, 2.75) is 68.2 Å². The molecule has 0 saturated heterocycles. The molecule has 7 aromatic rings. The number of carbonyl (C=O) groups is 5. The Morgan fingerprint density at radius 1 is 0.532 bits per heavy atom. The van der Waals surface area contributed by atoms with Crippen LogP contribution in [0.1, 0.15) is 80.8 Å². The Kier molecular flexibility index (Phi) is 26.3. The van der Waals surface area contributed by atoms with E-state index in [1.807, 2.05) is 164 Å². The molecule has 79 heavy (non-hydrogen) atoms. The van der Waals surface area contributed by atoms with Gasteiger partial charge in [-0.25, -0.2) is 4.79 Å². The number of amides is 4. The van der Waals surface area contributed by atoms with E-state index in [-0.39, 0.29) is 29.4 Å². The van der Waals surface area contributed by atoms with Crippen LogP contribution in [0, 0.1) is 41.5 Å². The number of nitrogens with zero attached hydrogens (tertiary/aromatic N) is 1. The second-order valence-corrected chi connectivity index (χ2v) is 20.8. The monoisotopic (exact) mass is 1120 g/mol. The maximum atomic E-state index is 12.4. The van der Waals surface area contributed by atoms with Crippen molar-refractivity contribution in [3.8, 4) is 11.3 Å². The normalized spacial score (nSPS) is 10.4. The fraction of sp³-hybridized carbons (Fsp3) is 0.226. The molecule has 0 spiro atoms. The van der Waals surface area contributed by atoms with Gasteiger partial charge in [-0.1, -0.05) is 103 Å². The summed E-state index contributed by atoms with van der Waals surface area (Å²) in [5, 5.41) is 25.6. The maximum absolute atomic E-state index is 12.4. The van der Waals surface area contributed by atoms with Gasteiger partial charge in [-0.15, -0.1) is 35.3 Å². The Morgan fingerprint density at radius 2 is 0.987 bits per heavy atom. The molecular formula is C62H73N9O5S3. The van der Waals surface area contributed by atoms with Crippen molar-refractivity contribution in [1.82, 2.24) is 15.5 Å². The number of rotatable bonds is 17. The summed E-state index contributed by atoms with van der Waals surface area (Å²) in [4.78, 5) is 58.1. The Balaban J connectivity index is 0.000000236. The number of H-pyrrole nitrogens is 1. The molecule has 0 radical (unpaired) electrons. The van der Waals surface area contributed by atoms with E-state index in [0.29, 0.717) is 18.4 Å². The minimum absolute atomic E-state index is 0.0153. The van der Waals surface area contributed by atoms with E-state index in [0.717, 1.165) is 88.3 Å². The minimum Gasteiger partial charge on any atom is -0.399 e. The number of aromatic amines is 1. The van der Waals surface area contributed by atoms with Crippen LogP contribution < -0.4 is 37.6 Å². The summed E-state index contributed by atoms with van der Waals surface area (Å²) in [6.45, 7) is 15.6. The maximum Gasteiger partial charge on any atom is 0.318 e. The number of aryl methyl sites for hydroxylation is 6. The number of hydrogen-bond acceptors (Lipinski definition) is 12. The zero-order valence-corrected chi connectivity index (χ0v) is 49.5. The third-order valence-corrected chi connectivity index (χ3v) is 14.4. The number of nitrogens with one attached hydrogen (secondary N) is 7. The first kappa shape index (κ1) is 63.5. The summed E-state index contributed by atoms with van der Waals surface area (Å²) in [7, 11) is 1.58. The molecule has 0 atom stereocenters. The van der Waals surface area contributed by atoms with Crippen molar-refractivity contribution in [3.63, 3.8) is 0 Å². The zero-order chi connectivity index (χ0) is 58.0. The van der Waals surface area contributed by atoms with Crippen molar-refractivity contribution in [1.29, 1.82) is 0 Å². The molecule has 1 heterocycles. The van der Waals surface area contributed by atoms with Crippen molar-refractivity contribution in [3.05, 3.63) is 199 Å². The Morgan fingerprint density at radius 3 is 1.44 bits per heavy atom. The number of urea groups is 1. The van der Waals surface area contributed by atoms with Crippen LogP contribution in [-0.4, -0.2) is 65.4 Å². The highest BCUT2D eigenvalue weighted by atomic mass is 32.2. The molecule has 0 aliphatic heterocycles. The lowest BCUT2D eigenvalue weighted by Gasteiger charge is -2.13. The molecular weight excluding hydrogens is 1050 g/mol. The molecule has 0 aliphatic carbocycles. The molecule has 14 nitrogen and oxygen atoms in total. The van der Waals surface area contributed by atoms with E-state index in [2.05, 4.69) is 73.3 Å². The van der Waals surface area contributed by atoms with Gasteiger partial charge in [0.05, 0.1) is 10.7 Å². The van der Waals surface area contributed by atoms with Gasteiger partial charge in [0, 0.05) is 87.6 Å². The quantitative estimate of drug-likeness (QED) is 0.0243. The summed E-state index contributed by atoms with van der Waals surface area (Å²) in [5.41, 5.74) is 20.5. The number of ketones is 2. The van der Waals surface area contributed by atoms with Crippen LogP contribution in [0.4, 0.5) is 44.7 Å². The van der Waals surface area contributed by atoms with Crippen LogP contribution in [0.3, 0.4) is 0 Å². The van der Waals surface area contributed by atoms with E-state index < -0.39 is 0 Å². The molecule has 7 rings (SSSR count). The van der Waals surface area contributed by atoms with Crippen molar-refractivity contribution < 1.29 is 24.0 Å². The van der Waals surface area contributed by atoms with Crippen LogP contribution in [0.25, 0.3) is 11.3 Å². The molecule has 0 aliphatic rings. The van der Waals surface area contributed by atoms with Gasteiger partial charge in [-0.2, -0.15) is 5.10 Å². The highest BCUT2D eigenvalue weighted by Crippen LogP contribution is 2.28. The second-order valence-electron chi connectivity index (χ2n) is 18.0. The molecule has 0 fully saturated rings. The number of anilines is 7. The predicted molar refractivity (Wildman–Crippen MR) is 337 cm³/mol. The van der Waals surface area contributed by atoms with E-state index in [4.69, 9.17) is 5.73 Å². The summed E-state index contributed by atoms with van der Waals surface area (Å²) >= 11 is 4.68. The SMILES string of the molecule is CCC(=O)Nc1ccc(N)c(C)c1.CCC(=O)Nc1ccc(N/C(=C/C(=O)c2ccc(C)cc2)SC)c(C)c1.CNC(=O)Nc1ccc(Nc2cc(-c3ccc(C)cc3)[nH]n2)c(C)c1.CSC(=CC(=O)c1ccc(C)cc1)SC. The topological polar surface area (TPSA) is 212 Å². The van der Waals surface area contributed by atoms with Crippen LogP contribution >= 0.6 is 35.3 Å². The molecule has 17 heteroatoms. The first-order valence-electron chi connectivity index (χ1n) is 25.4. The highest BCUT2D eigenvalue weighted by molar-refractivity contribution is 8.21.